The first-order chi connectivity index (χ1) is 17.7. The summed E-state index contributed by atoms with van der Waals surface area (Å²) >= 11 is 5.74. The fourth-order valence-electron chi connectivity index (χ4n) is 3.57. The predicted molar refractivity (Wildman–Crippen MR) is 158 cm³/mol. The van der Waals surface area contributed by atoms with E-state index in [1.165, 1.54) is 16.1 Å². The summed E-state index contributed by atoms with van der Waals surface area (Å²) in [6.45, 7) is 17.7. The second-order valence-corrected chi connectivity index (χ2v) is 9.08. The van der Waals surface area contributed by atoms with Crippen molar-refractivity contribution in [3.8, 4) is 11.5 Å². The van der Waals surface area contributed by atoms with Crippen LogP contribution in [-0.2, 0) is 5.41 Å². The first-order valence-electron chi connectivity index (χ1n) is 13.3. The lowest BCUT2D eigenvalue weighted by Crippen LogP contribution is -2.35. The molecular weight excluding hydrogens is 486 g/mol. The maximum absolute atomic E-state index is 9.35. The van der Waals surface area contributed by atoms with Gasteiger partial charge in [-0.15, -0.1) is 11.6 Å². The molecule has 0 aliphatic rings. The molecule has 0 saturated heterocycles. The summed E-state index contributed by atoms with van der Waals surface area (Å²) in [7, 11) is 0. The summed E-state index contributed by atoms with van der Waals surface area (Å²) in [4.78, 5) is 0. The Morgan fingerprint density at radius 2 is 1.51 bits per heavy atom. The van der Waals surface area contributed by atoms with E-state index in [4.69, 9.17) is 32.7 Å². The molecule has 210 valence electrons. The molecule has 0 atom stereocenters. The van der Waals surface area contributed by atoms with Crippen molar-refractivity contribution < 1.29 is 14.6 Å². The highest BCUT2D eigenvalue weighted by Gasteiger charge is 2.24. The number of aliphatic hydroxyl groups is 1. The Bertz CT molecular complexity index is 911. The lowest BCUT2D eigenvalue weighted by atomic mass is 9.77. The number of benzene rings is 2. The van der Waals surface area contributed by atoms with Crippen molar-refractivity contribution in [2.45, 2.75) is 73.6 Å². The molecule has 37 heavy (non-hydrogen) atoms. The molecule has 0 unspecified atom stereocenters. The first kappa shape index (κ1) is 34.6. The molecule has 0 aromatic heterocycles. The monoisotopic (exact) mass is 535 g/mol. The number of halogens is 1. The minimum Gasteiger partial charge on any atom is -0.494 e. The van der Waals surface area contributed by atoms with E-state index in [9.17, 15) is 5.11 Å². The van der Waals surface area contributed by atoms with E-state index in [1.54, 1.807) is 6.92 Å². The van der Waals surface area contributed by atoms with Gasteiger partial charge in [0, 0.05) is 30.0 Å². The van der Waals surface area contributed by atoms with Gasteiger partial charge in [0.1, 0.15) is 11.5 Å². The fourth-order valence-corrected chi connectivity index (χ4v) is 3.68. The van der Waals surface area contributed by atoms with Crippen LogP contribution in [0.15, 0.2) is 53.9 Å². The number of ether oxygens (including phenoxy) is 2. The molecule has 0 fully saturated rings. The third kappa shape index (κ3) is 11.2. The minimum absolute atomic E-state index is 0.162. The van der Waals surface area contributed by atoms with Gasteiger partial charge in [-0.05, 0) is 55.2 Å². The number of allylic oxidation sites excluding steroid dienone is 1. The summed E-state index contributed by atoms with van der Waals surface area (Å²) in [6, 6.07) is 14.6. The summed E-state index contributed by atoms with van der Waals surface area (Å²) in [6.07, 6.45) is 1.54. The maximum Gasteiger partial charge on any atom is 0.122 e. The van der Waals surface area contributed by atoms with E-state index in [1.807, 2.05) is 45.9 Å². The van der Waals surface area contributed by atoms with Crippen LogP contribution in [0.3, 0.4) is 0 Å². The highest BCUT2D eigenvalue weighted by Crippen LogP contribution is 2.34. The van der Waals surface area contributed by atoms with Crippen LogP contribution in [0.5, 0.6) is 11.5 Å². The molecule has 0 saturated carbocycles. The van der Waals surface area contributed by atoms with Crippen molar-refractivity contribution in [1.82, 2.24) is 5.01 Å². The van der Waals surface area contributed by atoms with Crippen molar-refractivity contribution >= 4 is 11.6 Å². The molecule has 0 radical (unpaired) electrons. The van der Waals surface area contributed by atoms with Crippen LogP contribution >= 0.6 is 11.6 Å². The van der Waals surface area contributed by atoms with Gasteiger partial charge in [-0.25, -0.2) is 5.84 Å². The molecule has 2 aromatic carbocycles. The van der Waals surface area contributed by atoms with Crippen LogP contribution in [0.25, 0.3) is 0 Å². The highest BCUT2D eigenvalue weighted by molar-refractivity contribution is 6.17. The van der Waals surface area contributed by atoms with Crippen LogP contribution in [0, 0.1) is 6.92 Å². The molecule has 0 heterocycles. The fraction of sp³-hybridized carbons (Fsp3) is 0.533. The molecule has 0 amide bonds. The Balaban J connectivity index is 0.00000308. The smallest absolute Gasteiger partial charge is 0.122 e. The van der Waals surface area contributed by atoms with Gasteiger partial charge < -0.3 is 25.3 Å². The van der Waals surface area contributed by atoms with Gasteiger partial charge in [0.05, 0.1) is 25.5 Å². The zero-order valence-corrected chi connectivity index (χ0v) is 25.0. The standard InChI is InChI=1S/C26H38ClN3O3.2C2H6/c1-19-17-22(9-12-25(19)33-15-5-13-27)26(3,4)21-7-10-23(11-8-21)32-16-6-14-30(29)24(18-31)20(2)28;2*1-2/h7-12,17,31H,5-6,13-16,18,28-29H2,1-4H3;2*1-2H3/b24-20-;;. The summed E-state index contributed by atoms with van der Waals surface area (Å²) in [5.74, 6) is 8.27. The van der Waals surface area contributed by atoms with E-state index in [2.05, 4.69) is 45.0 Å². The van der Waals surface area contributed by atoms with Gasteiger partial charge in [-0.2, -0.15) is 0 Å². The maximum atomic E-state index is 9.35. The van der Waals surface area contributed by atoms with Crippen molar-refractivity contribution in [2.24, 2.45) is 11.6 Å². The minimum atomic E-state index is -0.180. The Hall–Kier alpha value is -2.41. The summed E-state index contributed by atoms with van der Waals surface area (Å²) in [5.41, 5.74) is 10.2. The Kier molecular flexibility index (Phi) is 17.6. The third-order valence-corrected chi connectivity index (χ3v) is 6.04. The van der Waals surface area contributed by atoms with Crippen LogP contribution in [0.1, 0.15) is 78.0 Å². The van der Waals surface area contributed by atoms with Crippen LogP contribution in [0.2, 0.25) is 0 Å². The lowest BCUT2D eigenvalue weighted by molar-refractivity contribution is 0.230. The molecule has 6 nitrogen and oxygen atoms in total. The van der Waals surface area contributed by atoms with Crippen molar-refractivity contribution in [3.05, 3.63) is 70.5 Å². The number of rotatable bonds is 13. The van der Waals surface area contributed by atoms with E-state index >= 15 is 0 Å². The van der Waals surface area contributed by atoms with Gasteiger partial charge in [0.2, 0.25) is 0 Å². The normalized spacial score (nSPS) is 11.3. The SMILES string of the molecule is C/C(N)=C(\CO)N(N)CCCOc1ccc(C(C)(C)c2ccc(OCCCCl)c(C)c2)cc1.CC.CC. The van der Waals surface area contributed by atoms with Crippen LogP contribution in [-0.4, -0.2) is 42.4 Å². The molecule has 0 spiro atoms. The van der Waals surface area contributed by atoms with Crippen LogP contribution in [0.4, 0.5) is 0 Å². The van der Waals surface area contributed by atoms with Gasteiger partial charge in [-0.1, -0.05) is 65.8 Å². The van der Waals surface area contributed by atoms with E-state index < -0.39 is 0 Å². The molecule has 5 N–H and O–H groups in total. The molecule has 7 heteroatoms. The van der Waals surface area contributed by atoms with Gasteiger partial charge >= 0.3 is 0 Å². The average Bonchev–Trinajstić information content (AvgIpc) is 2.90. The molecule has 0 aliphatic carbocycles. The number of alkyl halides is 1. The number of nitrogens with two attached hydrogens (primary N) is 2. The number of nitrogens with zero attached hydrogens (tertiary/aromatic N) is 1. The third-order valence-electron chi connectivity index (χ3n) is 5.77. The second kappa shape index (κ2) is 18.8. The lowest BCUT2D eigenvalue weighted by Gasteiger charge is -2.27. The quantitative estimate of drug-likeness (QED) is 0.117. The van der Waals surface area contributed by atoms with Gasteiger partial charge in [0.25, 0.3) is 0 Å². The summed E-state index contributed by atoms with van der Waals surface area (Å²) in [5, 5.41) is 10.8. The molecule has 2 rings (SSSR count). The number of hydrogen-bond donors (Lipinski definition) is 3. The van der Waals surface area contributed by atoms with E-state index in [-0.39, 0.29) is 12.0 Å². The van der Waals surface area contributed by atoms with E-state index in [0.29, 0.717) is 43.5 Å². The van der Waals surface area contributed by atoms with Crippen molar-refractivity contribution in [2.75, 3.05) is 32.2 Å². The Labute approximate surface area is 230 Å². The van der Waals surface area contributed by atoms with Crippen molar-refractivity contribution in [3.63, 3.8) is 0 Å². The number of aliphatic hydroxyl groups excluding tert-OH is 1. The second-order valence-electron chi connectivity index (χ2n) is 8.70. The largest absolute Gasteiger partial charge is 0.494 e. The molecule has 0 aliphatic heterocycles. The Morgan fingerprint density at radius 3 is 2.03 bits per heavy atom. The zero-order chi connectivity index (χ0) is 28.4. The van der Waals surface area contributed by atoms with E-state index in [0.717, 1.165) is 23.5 Å². The number of hydrazine groups is 1. The molecule has 0 bridgehead atoms. The first-order valence-corrected chi connectivity index (χ1v) is 13.9. The Morgan fingerprint density at radius 1 is 0.946 bits per heavy atom. The van der Waals surface area contributed by atoms with Gasteiger partial charge in [0.15, 0.2) is 0 Å². The van der Waals surface area contributed by atoms with Crippen LogP contribution < -0.4 is 21.1 Å². The topological polar surface area (TPSA) is 94.0 Å². The number of hydrogen-bond acceptors (Lipinski definition) is 6. The number of aryl methyl sites for hydroxylation is 1. The summed E-state index contributed by atoms with van der Waals surface area (Å²) < 4.78 is 11.7. The van der Waals surface area contributed by atoms with Gasteiger partial charge in [-0.3, -0.25) is 0 Å². The average molecular weight is 536 g/mol. The zero-order valence-electron chi connectivity index (χ0n) is 24.2. The molecule has 2 aromatic rings. The highest BCUT2D eigenvalue weighted by atomic mass is 35.5. The van der Waals surface area contributed by atoms with Crippen molar-refractivity contribution in [1.29, 1.82) is 0 Å². The molecular formula is C30H50ClN3O3. The predicted octanol–water partition coefficient (Wildman–Crippen LogP) is 6.51.